The molecule has 0 spiro atoms. The quantitative estimate of drug-likeness (QED) is 0.521. The number of likely N-dealkylation sites (tertiary alicyclic amines) is 1. The molecule has 0 radical (unpaired) electrons. The van der Waals surface area contributed by atoms with E-state index in [1.807, 2.05) is 41.6 Å². The van der Waals surface area contributed by atoms with E-state index in [2.05, 4.69) is 4.98 Å². The fraction of sp³-hybridized carbons (Fsp3) is 0.217. The number of hydrogen-bond donors (Lipinski definition) is 0. The maximum Gasteiger partial charge on any atom is 0.253 e. The Morgan fingerprint density at radius 2 is 1.93 bits per heavy atom. The van der Waals surface area contributed by atoms with Crippen LogP contribution in [0.15, 0.2) is 67.1 Å². The Balaban J connectivity index is 1.38. The molecule has 30 heavy (non-hydrogen) atoms. The van der Waals surface area contributed by atoms with Crippen molar-refractivity contribution in [2.75, 3.05) is 13.1 Å². The summed E-state index contributed by atoms with van der Waals surface area (Å²) >= 11 is 0. The highest BCUT2D eigenvalue weighted by atomic mass is 19.1. The number of hydrogen-bond acceptors (Lipinski definition) is 4. The van der Waals surface area contributed by atoms with Crippen molar-refractivity contribution in [3.63, 3.8) is 0 Å². The number of nitrogens with zero attached hydrogens (tertiary/aromatic N) is 5. The summed E-state index contributed by atoms with van der Waals surface area (Å²) in [5, 5.41) is 4.70. The molecule has 1 atom stereocenters. The van der Waals surface area contributed by atoms with Crippen molar-refractivity contribution in [3.05, 3.63) is 84.3 Å². The Kier molecular flexibility index (Phi) is 4.71. The summed E-state index contributed by atoms with van der Waals surface area (Å²) in [6.07, 6.45) is 7.33. The zero-order valence-corrected chi connectivity index (χ0v) is 16.3. The monoisotopic (exact) mass is 401 g/mol. The third-order valence-electron chi connectivity index (χ3n) is 5.51. The van der Waals surface area contributed by atoms with Crippen LogP contribution in [0.25, 0.3) is 16.8 Å². The normalized spacial score (nSPS) is 16.7. The van der Waals surface area contributed by atoms with Crippen LogP contribution in [0.3, 0.4) is 0 Å². The summed E-state index contributed by atoms with van der Waals surface area (Å²) in [6.45, 7) is 1.24. The highest BCUT2D eigenvalue weighted by Gasteiger charge is 2.28. The van der Waals surface area contributed by atoms with Gasteiger partial charge in [0, 0.05) is 54.3 Å². The summed E-state index contributed by atoms with van der Waals surface area (Å²) < 4.78 is 15.0. The maximum atomic E-state index is 13.2. The molecule has 1 saturated heterocycles. The second kappa shape index (κ2) is 7.67. The lowest BCUT2D eigenvalue weighted by molar-refractivity contribution is 0.0704. The molecule has 1 aliphatic heterocycles. The Labute approximate surface area is 173 Å². The van der Waals surface area contributed by atoms with E-state index in [-0.39, 0.29) is 17.6 Å². The molecule has 0 aliphatic carbocycles. The first-order valence-corrected chi connectivity index (χ1v) is 9.99. The van der Waals surface area contributed by atoms with E-state index in [1.165, 1.54) is 24.3 Å². The number of fused-ring (bicyclic) bond motifs is 1. The first kappa shape index (κ1) is 18.4. The molecule has 1 aromatic carbocycles. The van der Waals surface area contributed by atoms with E-state index < -0.39 is 0 Å². The van der Waals surface area contributed by atoms with E-state index >= 15 is 0 Å². The van der Waals surface area contributed by atoms with Crippen molar-refractivity contribution < 1.29 is 9.18 Å². The Hall–Kier alpha value is -3.61. The minimum atomic E-state index is -0.345. The molecule has 4 aromatic rings. The predicted octanol–water partition coefficient (Wildman–Crippen LogP) is 3.95. The van der Waals surface area contributed by atoms with E-state index in [1.54, 1.807) is 10.7 Å². The number of halogens is 1. The zero-order valence-electron chi connectivity index (χ0n) is 16.3. The summed E-state index contributed by atoms with van der Waals surface area (Å²) in [5.41, 5.74) is 3.31. The van der Waals surface area contributed by atoms with Crippen molar-refractivity contribution in [2.45, 2.75) is 18.8 Å². The van der Waals surface area contributed by atoms with Gasteiger partial charge in [-0.15, -0.1) is 0 Å². The zero-order chi connectivity index (χ0) is 20.5. The molecule has 3 aromatic heterocycles. The predicted molar refractivity (Wildman–Crippen MR) is 110 cm³/mol. The van der Waals surface area contributed by atoms with Crippen LogP contribution in [-0.4, -0.2) is 43.5 Å². The van der Waals surface area contributed by atoms with Crippen LogP contribution in [0.4, 0.5) is 4.39 Å². The second-order valence-electron chi connectivity index (χ2n) is 7.53. The highest BCUT2D eigenvalue weighted by Crippen LogP contribution is 2.27. The number of aromatic nitrogens is 4. The largest absolute Gasteiger partial charge is 0.338 e. The van der Waals surface area contributed by atoms with Gasteiger partial charge in [0.25, 0.3) is 5.91 Å². The molecule has 1 amide bonds. The molecule has 1 aliphatic rings. The molecule has 1 unspecified atom stereocenters. The summed E-state index contributed by atoms with van der Waals surface area (Å²) in [6, 6.07) is 13.6. The topological polar surface area (TPSA) is 63.4 Å². The lowest BCUT2D eigenvalue weighted by atomic mass is 9.96. The second-order valence-corrected chi connectivity index (χ2v) is 7.53. The number of carbonyl (C=O) groups excluding carboxylic acids is 1. The SMILES string of the molecule is O=C(c1ccc(F)cc1)N1CCCC(c2nc3ccc(-c4cccnc4)cn3n2)C1. The smallest absolute Gasteiger partial charge is 0.253 e. The van der Waals surface area contributed by atoms with Crippen molar-refractivity contribution in [2.24, 2.45) is 0 Å². The van der Waals surface area contributed by atoms with Crippen molar-refractivity contribution in [1.29, 1.82) is 0 Å². The van der Waals surface area contributed by atoms with Gasteiger partial charge in [0.1, 0.15) is 5.82 Å². The summed E-state index contributed by atoms with van der Waals surface area (Å²) in [4.78, 5) is 23.5. The molecule has 7 heteroatoms. The fourth-order valence-corrected chi connectivity index (χ4v) is 3.92. The summed E-state index contributed by atoms with van der Waals surface area (Å²) in [7, 11) is 0. The number of piperidine rings is 1. The fourth-order valence-electron chi connectivity index (χ4n) is 3.92. The molecule has 6 nitrogen and oxygen atoms in total. The maximum absolute atomic E-state index is 13.2. The molecular formula is C23H20FN5O. The van der Waals surface area contributed by atoms with Crippen LogP contribution in [0.5, 0.6) is 0 Å². The van der Waals surface area contributed by atoms with Crippen LogP contribution in [0, 0.1) is 5.82 Å². The molecule has 0 saturated carbocycles. The minimum Gasteiger partial charge on any atom is -0.338 e. The molecule has 4 heterocycles. The van der Waals surface area contributed by atoms with Crippen LogP contribution in [0.1, 0.15) is 34.9 Å². The van der Waals surface area contributed by atoms with Gasteiger partial charge in [0.15, 0.2) is 11.5 Å². The third kappa shape index (κ3) is 3.54. The van der Waals surface area contributed by atoms with Gasteiger partial charge in [-0.05, 0) is 55.3 Å². The average Bonchev–Trinajstić information content (AvgIpc) is 3.23. The van der Waals surface area contributed by atoms with Crippen LogP contribution in [-0.2, 0) is 0 Å². The third-order valence-corrected chi connectivity index (χ3v) is 5.51. The highest BCUT2D eigenvalue weighted by molar-refractivity contribution is 5.94. The van der Waals surface area contributed by atoms with Crippen molar-refractivity contribution >= 4 is 11.6 Å². The van der Waals surface area contributed by atoms with Gasteiger partial charge in [-0.2, -0.15) is 5.10 Å². The van der Waals surface area contributed by atoms with Gasteiger partial charge < -0.3 is 4.90 Å². The van der Waals surface area contributed by atoms with Crippen LogP contribution in [0.2, 0.25) is 0 Å². The van der Waals surface area contributed by atoms with Gasteiger partial charge >= 0.3 is 0 Å². The lowest BCUT2D eigenvalue weighted by Crippen LogP contribution is -2.39. The number of pyridine rings is 2. The van der Waals surface area contributed by atoms with Crippen LogP contribution < -0.4 is 0 Å². The number of amides is 1. The average molecular weight is 401 g/mol. The van der Waals surface area contributed by atoms with Crippen LogP contribution >= 0.6 is 0 Å². The van der Waals surface area contributed by atoms with Gasteiger partial charge in [0.2, 0.25) is 0 Å². The van der Waals surface area contributed by atoms with E-state index in [4.69, 9.17) is 10.1 Å². The summed E-state index contributed by atoms with van der Waals surface area (Å²) in [5.74, 6) is 0.393. The van der Waals surface area contributed by atoms with Crippen molar-refractivity contribution in [1.82, 2.24) is 24.5 Å². The standard InChI is InChI=1S/C23H20FN5O/c24-20-8-5-16(6-9-20)23(30)28-12-2-4-19(14-28)22-26-21-10-7-18(15-29(21)27-22)17-3-1-11-25-13-17/h1,3,5-11,13,15,19H,2,4,12,14H2. The first-order chi connectivity index (χ1) is 14.7. The minimum absolute atomic E-state index is 0.0740. The molecular weight excluding hydrogens is 381 g/mol. The van der Waals surface area contributed by atoms with E-state index in [0.717, 1.165) is 35.4 Å². The number of rotatable bonds is 3. The van der Waals surface area contributed by atoms with Crippen molar-refractivity contribution in [3.8, 4) is 11.1 Å². The number of carbonyl (C=O) groups is 1. The Morgan fingerprint density at radius 1 is 1.07 bits per heavy atom. The van der Waals surface area contributed by atoms with E-state index in [9.17, 15) is 9.18 Å². The molecule has 5 rings (SSSR count). The first-order valence-electron chi connectivity index (χ1n) is 9.99. The molecule has 0 N–H and O–H groups in total. The number of benzene rings is 1. The van der Waals surface area contributed by atoms with E-state index in [0.29, 0.717) is 18.7 Å². The molecule has 150 valence electrons. The van der Waals surface area contributed by atoms with Gasteiger partial charge in [-0.3, -0.25) is 9.78 Å². The van der Waals surface area contributed by atoms with Gasteiger partial charge in [0.05, 0.1) is 0 Å². The molecule has 1 fully saturated rings. The molecule has 0 bridgehead atoms. The Bertz CT molecular complexity index is 1190. The van der Waals surface area contributed by atoms with Gasteiger partial charge in [-0.1, -0.05) is 6.07 Å². The Morgan fingerprint density at radius 3 is 2.73 bits per heavy atom. The van der Waals surface area contributed by atoms with Gasteiger partial charge in [-0.25, -0.2) is 13.9 Å². The lowest BCUT2D eigenvalue weighted by Gasteiger charge is -2.31.